The summed E-state index contributed by atoms with van der Waals surface area (Å²) >= 11 is 0. The third-order valence-corrected chi connectivity index (χ3v) is 3.35. The van der Waals surface area contributed by atoms with Gasteiger partial charge in [-0.3, -0.25) is 0 Å². The zero-order valence-electron chi connectivity index (χ0n) is 7.33. The van der Waals surface area contributed by atoms with Crippen molar-refractivity contribution in [3.8, 4) is 0 Å². The second-order valence-corrected chi connectivity index (χ2v) is 4.06. The van der Waals surface area contributed by atoms with E-state index in [1.54, 1.807) is 12.1 Å². The Labute approximate surface area is 77.0 Å². The normalized spacial score (nSPS) is 35.9. The van der Waals surface area contributed by atoms with Gasteiger partial charge in [-0.15, -0.1) is 0 Å². The molecule has 2 fully saturated rings. The van der Waals surface area contributed by atoms with Gasteiger partial charge in [-0.1, -0.05) is 12.1 Å². The summed E-state index contributed by atoms with van der Waals surface area (Å²) < 4.78 is 12.6. The first-order valence-corrected chi connectivity index (χ1v) is 4.82. The maximum atomic E-state index is 12.6. The predicted molar refractivity (Wildman–Crippen MR) is 49.0 cm³/mol. The first-order chi connectivity index (χ1) is 6.36. The van der Waals surface area contributed by atoms with Crippen molar-refractivity contribution in [2.75, 3.05) is 13.1 Å². The van der Waals surface area contributed by atoms with E-state index in [9.17, 15) is 4.39 Å². The average molecular weight is 177 g/mol. The maximum Gasteiger partial charge on any atom is 0.123 e. The quantitative estimate of drug-likeness (QED) is 0.689. The molecule has 1 nitrogen and oxygen atoms in total. The van der Waals surface area contributed by atoms with Gasteiger partial charge in [0.1, 0.15) is 5.82 Å². The molecule has 0 spiro atoms. The van der Waals surface area contributed by atoms with Gasteiger partial charge in [-0.05, 0) is 48.5 Å². The largest absolute Gasteiger partial charge is 0.316 e. The van der Waals surface area contributed by atoms with Crippen LogP contribution in [-0.2, 0) is 0 Å². The molecule has 0 radical (unpaired) electrons. The summed E-state index contributed by atoms with van der Waals surface area (Å²) in [6.45, 7) is 2.29. The molecule has 1 N–H and O–H groups in total. The van der Waals surface area contributed by atoms with Crippen LogP contribution < -0.4 is 5.32 Å². The fourth-order valence-electron chi connectivity index (χ4n) is 2.60. The first-order valence-electron chi connectivity index (χ1n) is 4.82. The van der Waals surface area contributed by atoms with Gasteiger partial charge in [-0.2, -0.15) is 0 Å². The Balaban J connectivity index is 1.83. The van der Waals surface area contributed by atoms with E-state index in [0.717, 1.165) is 24.9 Å². The highest BCUT2D eigenvalue weighted by Crippen LogP contribution is 2.55. The SMILES string of the molecule is Fc1ccc(C2C3CNCC32)cc1. The van der Waals surface area contributed by atoms with Crippen LogP contribution in [-0.4, -0.2) is 13.1 Å². The Morgan fingerprint density at radius 3 is 2.31 bits per heavy atom. The summed E-state index contributed by atoms with van der Waals surface area (Å²) in [5, 5.41) is 3.36. The van der Waals surface area contributed by atoms with Crippen LogP contribution in [0.2, 0.25) is 0 Å². The third-order valence-electron chi connectivity index (χ3n) is 3.35. The summed E-state index contributed by atoms with van der Waals surface area (Å²) in [6.07, 6.45) is 0. The number of rotatable bonds is 1. The van der Waals surface area contributed by atoms with Crippen LogP contribution in [0.4, 0.5) is 4.39 Å². The number of halogens is 1. The molecule has 1 aromatic rings. The summed E-state index contributed by atoms with van der Waals surface area (Å²) in [5.41, 5.74) is 1.32. The smallest absolute Gasteiger partial charge is 0.123 e. The molecule has 0 amide bonds. The minimum Gasteiger partial charge on any atom is -0.316 e. The molecular formula is C11H12FN. The fraction of sp³-hybridized carbons (Fsp3) is 0.455. The maximum absolute atomic E-state index is 12.6. The van der Waals surface area contributed by atoms with Crippen molar-refractivity contribution in [1.82, 2.24) is 5.32 Å². The van der Waals surface area contributed by atoms with Crippen molar-refractivity contribution in [1.29, 1.82) is 0 Å². The monoisotopic (exact) mass is 177 g/mol. The third kappa shape index (κ3) is 1.09. The highest BCUT2D eigenvalue weighted by Gasteiger charge is 2.53. The van der Waals surface area contributed by atoms with Gasteiger partial charge in [-0.25, -0.2) is 4.39 Å². The second-order valence-electron chi connectivity index (χ2n) is 4.06. The van der Waals surface area contributed by atoms with E-state index in [1.807, 2.05) is 12.1 Å². The van der Waals surface area contributed by atoms with Crippen LogP contribution in [0.1, 0.15) is 11.5 Å². The predicted octanol–water partition coefficient (Wildman–Crippen LogP) is 1.76. The van der Waals surface area contributed by atoms with Crippen molar-refractivity contribution in [2.24, 2.45) is 11.8 Å². The first kappa shape index (κ1) is 7.51. The van der Waals surface area contributed by atoms with Crippen molar-refractivity contribution < 1.29 is 4.39 Å². The summed E-state index contributed by atoms with van der Waals surface area (Å²) in [7, 11) is 0. The zero-order valence-corrected chi connectivity index (χ0v) is 7.33. The molecule has 3 rings (SSSR count). The molecule has 1 aliphatic heterocycles. The Morgan fingerprint density at radius 2 is 1.69 bits per heavy atom. The van der Waals surface area contributed by atoms with Crippen LogP contribution in [0.3, 0.4) is 0 Å². The van der Waals surface area contributed by atoms with E-state index in [1.165, 1.54) is 5.56 Å². The molecule has 2 aliphatic rings. The lowest BCUT2D eigenvalue weighted by Crippen LogP contribution is -2.13. The van der Waals surface area contributed by atoms with Gasteiger partial charge in [0.25, 0.3) is 0 Å². The molecule has 1 aliphatic carbocycles. The number of nitrogens with one attached hydrogen (secondary N) is 1. The van der Waals surface area contributed by atoms with Gasteiger partial charge in [0.15, 0.2) is 0 Å². The summed E-state index contributed by atoms with van der Waals surface area (Å²) in [4.78, 5) is 0. The number of piperidine rings is 1. The van der Waals surface area contributed by atoms with Gasteiger partial charge < -0.3 is 5.32 Å². The van der Waals surface area contributed by atoms with Gasteiger partial charge >= 0.3 is 0 Å². The van der Waals surface area contributed by atoms with Crippen LogP contribution in [0, 0.1) is 17.7 Å². The number of hydrogen-bond donors (Lipinski definition) is 1. The second kappa shape index (κ2) is 2.55. The lowest BCUT2D eigenvalue weighted by atomic mass is 10.1. The van der Waals surface area contributed by atoms with E-state index in [-0.39, 0.29) is 5.82 Å². The Kier molecular flexibility index (Phi) is 1.47. The fourth-order valence-corrected chi connectivity index (χ4v) is 2.60. The van der Waals surface area contributed by atoms with Crippen molar-refractivity contribution >= 4 is 0 Å². The lowest BCUT2D eigenvalue weighted by Gasteiger charge is -2.03. The number of fused-ring (bicyclic) bond motifs is 1. The van der Waals surface area contributed by atoms with E-state index < -0.39 is 0 Å². The van der Waals surface area contributed by atoms with E-state index in [4.69, 9.17) is 0 Å². The topological polar surface area (TPSA) is 12.0 Å². The molecule has 2 atom stereocenters. The van der Waals surface area contributed by atoms with Gasteiger partial charge in [0.05, 0.1) is 0 Å². The van der Waals surface area contributed by atoms with E-state index in [0.29, 0.717) is 5.92 Å². The van der Waals surface area contributed by atoms with E-state index >= 15 is 0 Å². The zero-order chi connectivity index (χ0) is 8.84. The Bertz CT molecular complexity index is 309. The lowest BCUT2D eigenvalue weighted by molar-refractivity contribution is 0.625. The number of hydrogen-bond acceptors (Lipinski definition) is 1. The van der Waals surface area contributed by atoms with Gasteiger partial charge in [0, 0.05) is 0 Å². The van der Waals surface area contributed by atoms with E-state index in [2.05, 4.69) is 5.32 Å². The molecular weight excluding hydrogens is 165 g/mol. The average Bonchev–Trinajstić information content (AvgIpc) is 2.63. The van der Waals surface area contributed by atoms with Crippen LogP contribution in [0.25, 0.3) is 0 Å². The molecule has 13 heavy (non-hydrogen) atoms. The standard InChI is InChI=1S/C11H12FN/c12-8-3-1-7(2-4-8)11-9-5-13-6-10(9)11/h1-4,9-11,13H,5-6H2. The molecule has 1 aromatic carbocycles. The molecule has 0 aromatic heterocycles. The molecule has 68 valence electrons. The van der Waals surface area contributed by atoms with Crippen LogP contribution in [0.15, 0.2) is 24.3 Å². The minimum absolute atomic E-state index is 0.132. The van der Waals surface area contributed by atoms with Crippen LogP contribution >= 0.6 is 0 Å². The van der Waals surface area contributed by atoms with Gasteiger partial charge in [0.2, 0.25) is 0 Å². The Morgan fingerprint density at radius 1 is 1.08 bits per heavy atom. The molecule has 2 unspecified atom stereocenters. The Hall–Kier alpha value is -0.890. The van der Waals surface area contributed by atoms with Crippen molar-refractivity contribution in [2.45, 2.75) is 5.92 Å². The van der Waals surface area contributed by atoms with Crippen molar-refractivity contribution in [3.63, 3.8) is 0 Å². The number of benzene rings is 1. The minimum atomic E-state index is -0.132. The highest BCUT2D eigenvalue weighted by atomic mass is 19.1. The molecule has 1 heterocycles. The molecule has 0 bridgehead atoms. The molecule has 2 heteroatoms. The molecule has 1 saturated heterocycles. The summed E-state index contributed by atoms with van der Waals surface area (Å²) in [6, 6.07) is 6.99. The summed E-state index contributed by atoms with van der Waals surface area (Å²) in [5.74, 6) is 2.23. The highest BCUT2D eigenvalue weighted by molar-refractivity contribution is 5.30. The van der Waals surface area contributed by atoms with Crippen molar-refractivity contribution in [3.05, 3.63) is 35.6 Å². The van der Waals surface area contributed by atoms with Crippen LogP contribution in [0.5, 0.6) is 0 Å². The molecule has 1 saturated carbocycles.